The second-order valence-electron chi connectivity index (χ2n) is 4.19. The number of rotatable bonds is 5. The number of thioether (sulfide) groups is 1. The quantitative estimate of drug-likeness (QED) is 0.623. The van der Waals surface area contributed by atoms with Gasteiger partial charge in [0.25, 0.3) is 5.76 Å². The van der Waals surface area contributed by atoms with Crippen LogP contribution in [0.2, 0.25) is 0 Å². The molecule has 0 amide bonds. The van der Waals surface area contributed by atoms with E-state index in [0.29, 0.717) is 16.7 Å². The molecule has 2 aromatic rings. The maximum atomic E-state index is 12.2. The Morgan fingerprint density at radius 2 is 1.45 bits per heavy atom. The number of aliphatic hydroxyl groups is 1. The van der Waals surface area contributed by atoms with Crippen molar-refractivity contribution in [1.29, 1.82) is 0 Å². The molecule has 0 saturated carbocycles. The van der Waals surface area contributed by atoms with E-state index in [4.69, 9.17) is 11.6 Å². The summed E-state index contributed by atoms with van der Waals surface area (Å²) in [6.45, 7) is 0. The summed E-state index contributed by atoms with van der Waals surface area (Å²) in [4.78, 5) is 0.540. The van der Waals surface area contributed by atoms with Crippen molar-refractivity contribution in [2.75, 3.05) is 5.88 Å². The van der Waals surface area contributed by atoms with E-state index in [0.717, 1.165) is 16.7 Å². The van der Waals surface area contributed by atoms with E-state index < -0.39 is 11.9 Å². The molecule has 0 fully saturated rings. The molecule has 1 atom stereocenters. The van der Waals surface area contributed by atoms with Crippen LogP contribution in [0.25, 0.3) is 11.1 Å². The highest BCUT2D eigenvalue weighted by molar-refractivity contribution is 7.99. The Labute approximate surface area is 125 Å². The van der Waals surface area contributed by atoms with Gasteiger partial charge < -0.3 is 5.11 Å². The van der Waals surface area contributed by atoms with Crippen LogP contribution in [0.1, 0.15) is 11.7 Å². The molecular formula is C15H13ClF2OS. The van der Waals surface area contributed by atoms with Gasteiger partial charge in [-0.05, 0) is 28.8 Å². The van der Waals surface area contributed by atoms with Gasteiger partial charge in [0, 0.05) is 4.90 Å². The number of alkyl halides is 3. The Kier molecular flexibility index (Phi) is 5.40. The van der Waals surface area contributed by atoms with E-state index in [-0.39, 0.29) is 5.88 Å². The van der Waals surface area contributed by atoms with Gasteiger partial charge in [-0.15, -0.1) is 11.6 Å². The van der Waals surface area contributed by atoms with Crippen LogP contribution in [0.3, 0.4) is 0 Å². The standard InChI is InChI=1S/C15H13ClF2OS/c16-9-14(19)12-3-1-10(2-4-12)11-5-7-13(8-6-11)20-15(17)18/h1-8,14-15,19H,9H2. The van der Waals surface area contributed by atoms with Gasteiger partial charge in [0.2, 0.25) is 0 Å². The predicted molar refractivity (Wildman–Crippen MR) is 79.4 cm³/mol. The third-order valence-corrected chi connectivity index (χ3v) is 3.87. The number of hydrogen-bond acceptors (Lipinski definition) is 2. The Morgan fingerprint density at radius 1 is 0.950 bits per heavy atom. The lowest BCUT2D eigenvalue weighted by molar-refractivity contribution is 0.202. The summed E-state index contributed by atoms with van der Waals surface area (Å²) in [7, 11) is 0. The van der Waals surface area contributed by atoms with Gasteiger partial charge in [-0.3, -0.25) is 0 Å². The van der Waals surface area contributed by atoms with Crippen LogP contribution < -0.4 is 0 Å². The minimum atomic E-state index is -2.41. The van der Waals surface area contributed by atoms with Crippen LogP contribution in [0, 0.1) is 0 Å². The van der Waals surface area contributed by atoms with E-state index in [2.05, 4.69) is 0 Å². The lowest BCUT2D eigenvalue weighted by atomic mass is 10.0. The van der Waals surface area contributed by atoms with E-state index >= 15 is 0 Å². The third kappa shape index (κ3) is 3.95. The lowest BCUT2D eigenvalue weighted by Gasteiger charge is -2.09. The van der Waals surface area contributed by atoms with Crippen molar-refractivity contribution >= 4 is 23.4 Å². The summed E-state index contributed by atoms with van der Waals surface area (Å²) >= 11 is 6.12. The average molecular weight is 315 g/mol. The highest BCUT2D eigenvalue weighted by Crippen LogP contribution is 2.28. The first-order valence-corrected chi connectivity index (χ1v) is 7.41. The number of hydrogen-bond donors (Lipinski definition) is 1. The molecule has 0 saturated heterocycles. The summed E-state index contributed by atoms with van der Waals surface area (Å²) in [6, 6.07) is 14.3. The van der Waals surface area contributed by atoms with Gasteiger partial charge in [0.15, 0.2) is 0 Å². The molecule has 1 N–H and O–H groups in total. The van der Waals surface area contributed by atoms with Crippen molar-refractivity contribution in [1.82, 2.24) is 0 Å². The van der Waals surface area contributed by atoms with E-state index in [1.54, 1.807) is 24.3 Å². The van der Waals surface area contributed by atoms with Gasteiger partial charge in [-0.1, -0.05) is 48.2 Å². The molecule has 0 bridgehead atoms. The van der Waals surface area contributed by atoms with Crippen molar-refractivity contribution in [3.05, 3.63) is 54.1 Å². The molecule has 0 aliphatic carbocycles. The molecular weight excluding hydrogens is 302 g/mol. The Morgan fingerprint density at radius 3 is 1.90 bits per heavy atom. The zero-order valence-corrected chi connectivity index (χ0v) is 12.0. The molecule has 1 nitrogen and oxygen atoms in total. The van der Waals surface area contributed by atoms with E-state index in [1.807, 2.05) is 24.3 Å². The zero-order chi connectivity index (χ0) is 14.5. The van der Waals surface area contributed by atoms with Crippen LogP contribution in [0.5, 0.6) is 0 Å². The smallest absolute Gasteiger partial charge is 0.288 e. The molecule has 0 aliphatic heterocycles. The van der Waals surface area contributed by atoms with Crippen LogP contribution in [0.4, 0.5) is 8.78 Å². The van der Waals surface area contributed by atoms with Crippen molar-refractivity contribution < 1.29 is 13.9 Å². The second kappa shape index (κ2) is 7.07. The molecule has 5 heteroatoms. The monoisotopic (exact) mass is 314 g/mol. The molecule has 2 aromatic carbocycles. The molecule has 1 unspecified atom stereocenters. The first-order valence-electron chi connectivity index (χ1n) is 5.99. The molecule has 106 valence electrons. The molecule has 20 heavy (non-hydrogen) atoms. The summed E-state index contributed by atoms with van der Waals surface area (Å²) in [5.74, 6) is -2.25. The minimum Gasteiger partial charge on any atom is -0.387 e. The highest BCUT2D eigenvalue weighted by Gasteiger charge is 2.07. The fourth-order valence-corrected chi connectivity index (χ4v) is 2.49. The number of halogens is 3. The minimum absolute atomic E-state index is 0.152. The van der Waals surface area contributed by atoms with Crippen LogP contribution in [-0.4, -0.2) is 16.7 Å². The first-order chi connectivity index (χ1) is 9.60. The zero-order valence-electron chi connectivity index (χ0n) is 10.5. The molecule has 2 rings (SSSR count). The Bertz CT molecular complexity index is 543. The lowest BCUT2D eigenvalue weighted by Crippen LogP contribution is -1.97. The van der Waals surface area contributed by atoms with E-state index in [1.165, 1.54) is 0 Å². The van der Waals surface area contributed by atoms with Gasteiger partial charge >= 0.3 is 0 Å². The van der Waals surface area contributed by atoms with Crippen molar-refractivity contribution in [3.8, 4) is 11.1 Å². The molecule has 0 aliphatic rings. The van der Waals surface area contributed by atoms with Crippen molar-refractivity contribution in [3.63, 3.8) is 0 Å². The molecule has 0 heterocycles. The van der Waals surface area contributed by atoms with Gasteiger partial charge in [0.05, 0.1) is 12.0 Å². The maximum absolute atomic E-state index is 12.2. The first kappa shape index (κ1) is 15.3. The van der Waals surface area contributed by atoms with Crippen LogP contribution in [0.15, 0.2) is 53.4 Å². The van der Waals surface area contributed by atoms with Crippen LogP contribution >= 0.6 is 23.4 Å². The summed E-state index contributed by atoms with van der Waals surface area (Å²) in [6.07, 6.45) is -0.671. The maximum Gasteiger partial charge on any atom is 0.288 e. The van der Waals surface area contributed by atoms with Gasteiger partial charge in [-0.25, -0.2) is 0 Å². The largest absolute Gasteiger partial charge is 0.387 e. The average Bonchev–Trinajstić information content (AvgIpc) is 2.47. The fraction of sp³-hybridized carbons (Fsp3) is 0.200. The number of aliphatic hydroxyl groups excluding tert-OH is 1. The molecule has 0 spiro atoms. The molecule has 0 radical (unpaired) electrons. The summed E-state index contributed by atoms with van der Waals surface area (Å²) < 4.78 is 24.5. The second-order valence-corrected chi connectivity index (χ2v) is 5.57. The normalized spacial score (nSPS) is 12.7. The SMILES string of the molecule is OC(CCl)c1ccc(-c2ccc(SC(F)F)cc2)cc1. The summed E-state index contributed by atoms with van der Waals surface area (Å²) in [5.41, 5.74) is 2.66. The molecule has 0 aromatic heterocycles. The van der Waals surface area contributed by atoms with Gasteiger partial charge in [-0.2, -0.15) is 8.78 Å². The Hall–Kier alpha value is -1.10. The van der Waals surface area contributed by atoms with Crippen molar-refractivity contribution in [2.45, 2.75) is 16.8 Å². The number of benzene rings is 2. The predicted octanol–water partition coefficient (Wildman–Crippen LogP) is 4.94. The fourth-order valence-electron chi connectivity index (χ4n) is 1.82. The topological polar surface area (TPSA) is 20.2 Å². The van der Waals surface area contributed by atoms with Crippen molar-refractivity contribution in [2.24, 2.45) is 0 Å². The highest BCUT2D eigenvalue weighted by atomic mass is 35.5. The summed E-state index contributed by atoms with van der Waals surface area (Å²) in [5, 5.41) is 9.61. The third-order valence-electron chi connectivity index (χ3n) is 2.85. The Balaban J connectivity index is 2.15. The van der Waals surface area contributed by atoms with Gasteiger partial charge in [0.1, 0.15) is 0 Å². The van der Waals surface area contributed by atoms with Crippen LogP contribution in [-0.2, 0) is 0 Å². The van der Waals surface area contributed by atoms with E-state index in [9.17, 15) is 13.9 Å².